The highest BCUT2D eigenvalue weighted by atomic mass is 16.4. The third kappa shape index (κ3) is 2.21. The predicted molar refractivity (Wildman–Crippen MR) is 60.6 cm³/mol. The topological polar surface area (TPSA) is 69.2 Å². The number of carbonyl (C=O) groups excluding carboxylic acids is 2. The van der Waals surface area contributed by atoms with E-state index in [2.05, 4.69) is 12.2 Å². The predicted octanol–water partition coefficient (Wildman–Crippen LogP) is 0.0909. The largest absolute Gasteiger partial charge is 0.550 e. The highest BCUT2D eigenvalue weighted by Gasteiger charge is 2.48. The minimum atomic E-state index is -1.09. The molecule has 1 fully saturated rings. The van der Waals surface area contributed by atoms with Gasteiger partial charge in [0.25, 0.3) is 0 Å². The van der Waals surface area contributed by atoms with Gasteiger partial charge in [-0.3, -0.25) is 4.79 Å². The Morgan fingerprint density at radius 3 is 2.53 bits per heavy atom. The Bertz CT molecular complexity index is 351. The number of rotatable bonds is 5. The minimum absolute atomic E-state index is 0.00748. The lowest BCUT2D eigenvalue weighted by atomic mass is 9.82. The lowest BCUT2D eigenvalue weighted by Crippen LogP contribution is -2.45. The van der Waals surface area contributed by atoms with Crippen LogP contribution in [-0.4, -0.2) is 18.4 Å². The Balaban J connectivity index is 2.01. The summed E-state index contributed by atoms with van der Waals surface area (Å²) in [6.07, 6.45) is 6.62. The number of carboxylic acid groups (broad SMARTS) is 1. The third-order valence-electron chi connectivity index (χ3n) is 3.86. The molecule has 4 nitrogen and oxygen atoms in total. The molecule has 0 aromatic heterocycles. The summed E-state index contributed by atoms with van der Waals surface area (Å²) in [4.78, 5) is 23.1. The molecule has 1 N–H and O–H groups in total. The van der Waals surface area contributed by atoms with Crippen molar-refractivity contribution in [1.82, 2.24) is 5.32 Å². The number of nitrogens with one attached hydrogen (secondary N) is 1. The summed E-state index contributed by atoms with van der Waals surface area (Å²) in [7, 11) is 0. The van der Waals surface area contributed by atoms with Crippen LogP contribution in [0.5, 0.6) is 0 Å². The van der Waals surface area contributed by atoms with Gasteiger partial charge in [-0.1, -0.05) is 25.5 Å². The molecule has 1 amide bonds. The van der Waals surface area contributed by atoms with Crippen molar-refractivity contribution in [2.75, 3.05) is 6.54 Å². The van der Waals surface area contributed by atoms with Crippen molar-refractivity contribution < 1.29 is 14.7 Å². The number of carboxylic acids is 1. The zero-order valence-corrected chi connectivity index (χ0v) is 10.0. The van der Waals surface area contributed by atoms with Gasteiger partial charge in [-0.25, -0.2) is 0 Å². The van der Waals surface area contributed by atoms with E-state index < -0.39 is 17.8 Å². The molecule has 2 bridgehead atoms. The molecule has 0 heterocycles. The van der Waals surface area contributed by atoms with Crippen LogP contribution in [0.4, 0.5) is 0 Å². The maximum atomic E-state index is 12.0. The summed E-state index contributed by atoms with van der Waals surface area (Å²) in [6.45, 7) is 2.68. The summed E-state index contributed by atoms with van der Waals surface area (Å²) >= 11 is 0. The average molecular weight is 236 g/mol. The molecule has 2 rings (SSSR count). The van der Waals surface area contributed by atoms with Crippen LogP contribution in [0.15, 0.2) is 12.2 Å². The van der Waals surface area contributed by atoms with E-state index in [0.717, 1.165) is 19.3 Å². The van der Waals surface area contributed by atoms with Gasteiger partial charge in [0, 0.05) is 18.4 Å². The van der Waals surface area contributed by atoms with Gasteiger partial charge in [-0.05, 0) is 24.7 Å². The van der Waals surface area contributed by atoms with E-state index in [4.69, 9.17) is 0 Å². The number of amides is 1. The lowest BCUT2D eigenvalue weighted by Gasteiger charge is -2.27. The van der Waals surface area contributed by atoms with E-state index in [1.807, 2.05) is 12.2 Å². The summed E-state index contributed by atoms with van der Waals surface area (Å²) in [5, 5.41) is 13.9. The second-order valence-electron chi connectivity index (χ2n) is 4.96. The van der Waals surface area contributed by atoms with E-state index in [9.17, 15) is 14.7 Å². The first-order valence-electron chi connectivity index (χ1n) is 6.32. The third-order valence-corrected chi connectivity index (χ3v) is 3.86. The molecule has 94 valence electrons. The Morgan fingerprint density at radius 1 is 1.29 bits per heavy atom. The normalized spacial score (nSPS) is 33.9. The average Bonchev–Trinajstić information content (AvgIpc) is 2.88. The van der Waals surface area contributed by atoms with Crippen LogP contribution in [0.1, 0.15) is 26.2 Å². The van der Waals surface area contributed by atoms with Gasteiger partial charge < -0.3 is 15.2 Å². The minimum Gasteiger partial charge on any atom is -0.550 e. The van der Waals surface area contributed by atoms with Crippen molar-refractivity contribution in [3.05, 3.63) is 12.2 Å². The molecule has 17 heavy (non-hydrogen) atoms. The molecule has 0 aromatic carbocycles. The van der Waals surface area contributed by atoms with Crippen molar-refractivity contribution in [2.24, 2.45) is 23.7 Å². The van der Waals surface area contributed by atoms with E-state index in [1.54, 1.807) is 0 Å². The van der Waals surface area contributed by atoms with Gasteiger partial charge in [-0.2, -0.15) is 0 Å². The number of allylic oxidation sites excluding steroid dienone is 2. The van der Waals surface area contributed by atoms with Crippen LogP contribution in [-0.2, 0) is 9.59 Å². The highest BCUT2D eigenvalue weighted by Crippen LogP contribution is 2.47. The molecule has 4 heteroatoms. The van der Waals surface area contributed by atoms with Crippen molar-refractivity contribution in [2.45, 2.75) is 26.2 Å². The molecule has 0 aromatic rings. The molecule has 0 saturated heterocycles. The first-order valence-corrected chi connectivity index (χ1v) is 6.32. The van der Waals surface area contributed by atoms with Crippen LogP contribution < -0.4 is 10.4 Å². The second kappa shape index (κ2) is 4.90. The number of carbonyl (C=O) groups is 2. The molecule has 1 saturated carbocycles. The molecule has 0 radical (unpaired) electrons. The van der Waals surface area contributed by atoms with Gasteiger partial charge in [0.2, 0.25) is 5.91 Å². The fraction of sp³-hybridized carbons (Fsp3) is 0.692. The van der Waals surface area contributed by atoms with Crippen molar-refractivity contribution in [3.8, 4) is 0 Å². The maximum Gasteiger partial charge on any atom is 0.224 e. The van der Waals surface area contributed by atoms with Crippen molar-refractivity contribution in [3.63, 3.8) is 0 Å². The van der Waals surface area contributed by atoms with Gasteiger partial charge in [-0.15, -0.1) is 0 Å². The number of unbranched alkanes of at least 4 members (excludes halogenated alkanes) is 1. The van der Waals surface area contributed by atoms with E-state index in [0.29, 0.717) is 6.54 Å². The van der Waals surface area contributed by atoms with E-state index in [1.165, 1.54) is 0 Å². The van der Waals surface area contributed by atoms with Gasteiger partial charge in [0.05, 0.1) is 5.92 Å². The smallest absolute Gasteiger partial charge is 0.224 e. The van der Waals surface area contributed by atoms with Crippen LogP contribution in [0, 0.1) is 23.7 Å². The van der Waals surface area contributed by atoms with Gasteiger partial charge in [0.1, 0.15) is 0 Å². The molecule has 4 atom stereocenters. The Hall–Kier alpha value is -1.32. The fourth-order valence-electron chi connectivity index (χ4n) is 3.01. The number of hydrogen-bond acceptors (Lipinski definition) is 3. The number of hydrogen-bond donors (Lipinski definition) is 1. The van der Waals surface area contributed by atoms with Gasteiger partial charge in [0.15, 0.2) is 0 Å². The zero-order valence-electron chi connectivity index (χ0n) is 10.0. The van der Waals surface area contributed by atoms with E-state index in [-0.39, 0.29) is 17.7 Å². The second-order valence-corrected chi connectivity index (χ2v) is 4.96. The van der Waals surface area contributed by atoms with E-state index >= 15 is 0 Å². The first-order chi connectivity index (χ1) is 8.15. The molecule has 0 aliphatic heterocycles. The highest BCUT2D eigenvalue weighted by molar-refractivity contribution is 5.86. The van der Waals surface area contributed by atoms with Crippen LogP contribution in [0.3, 0.4) is 0 Å². The van der Waals surface area contributed by atoms with Crippen LogP contribution in [0.2, 0.25) is 0 Å². The molecular formula is C13H18NO3-. The fourth-order valence-corrected chi connectivity index (χ4v) is 3.01. The van der Waals surface area contributed by atoms with Crippen molar-refractivity contribution in [1.29, 1.82) is 0 Å². The molecule has 2 aliphatic rings. The molecular weight excluding hydrogens is 218 g/mol. The SMILES string of the molecule is CCCCNC(=O)C1C2C=CC(C2)C1C(=O)[O-]. The summed E-state index contributed by atoms with van der Waals surface area (Å²) in [5.74, 6) is -2.18. The summed E-state index contributed by atoms with van der Waals surface area (Å²) < 4.78 is 0. The van der Waals surface area contributed by atoms with Crippen LogP contribution >= 0.6 is 0 Å². The first kappa shape index (κ1) is 12.1. The molecule has 2 aliphatic carbocycles. The standard InChI is InChI=1S/C13H19NO3/c1-2-3-6-14-12(15)10-8-4-5-9(7-8)11(10)13(16)17/h4-5,8-11H,2-3,6-7H2,1H3,(H,14,15)(H,16,17)/p-1. The summed E-state index contributed by atoms with van der Waals surface area (Å²) in [6, 6.07) is 0. The molecule has 0 spiro atoms. The Morgan fingerprint density at radius 2 is 1.94 bits per heavy atom. The molecule has 4 unspecified atom stereocenters. The monoisotopic (exact) mass is 236 g/mol. The van der Waals surface area contributed by atoms with Gasteiger partial charge >= 0.3 is 0 Å². The zero-order chi connectivity index (χ0) is 12.4. The quantitative estimate of drug-likeness (QED) is 0.543. The number of aliphatic carboxylic acids is 1. The Kier molecular flexibility index (Phi) is 3.50. The summed E-state index contributed by atoms with van der Waals surface area (Å²) in [5.41, 5.74) is 0. The van der Waals surface area contributed by atoms with Crippen LogP contribution in [0.25, 0.3) is 0 Å². The number of fused-ring (bicyclic) bond motifs is 2. The maximum absolute atomic E-state index is 12.0. The lowest BCUT2D eigenvalue weighted by molar-refractivity contribution is -0.313. The Labute approximate surface area is 101 Å². The van der Waals surface area contributed by atoms with Crippen molar-refractivity contribution >= 4 is 11.9 Å².